The molecule has 9 heteroatoms. The van der Waals surface area contributed by atoms with E-state index in [9.17, 15) is 13.2 Å². The van der Waals surface area contributed by atoms with Gasteiger partial charge < -0.3 is 0 Å². The van der Waals surface area contributed by atoms with Crippen molar-refractivity contribution >= 4 is 23.1 Å². The average molecular weight is 507 g/mol. The van der Waals surface area contributed by atoms with Gasteiger partial charge in [0.1, 0.15) is 10.7 Å². The molecule has 0 aromatic carbocycles. The van der Waals surface area contributed by atoms with Crippen molar-refractivity contribution in [3.05, 3.63) is 64.6 Å². The topological polar surface area (TPSA) is 52.3 Å². The lowest BCUT2D eigenvalue weighted by atomic mass is 9.95. The highest BCUT2D eigenvalue weighted by atomic mass is 32.1. The Balaban J connectivity index is 0.000000410. The Morgan fingerprint density at radius 1 is 1.14 bits per heavy atom. The first-order valence-electron chi connectivity index (χ1n) is 11.5. The zero-order valence-corrected chi connectivity index (χ0v) is 21.9. The van der Waals surface area contributed by atoms with Gasteiger partial charge in [-0.2, -0.15) is 5.10 Å². The number of thiazole rings is 1. The summed E-state index contributed by atoms with van der Waals surface area (Å²) in [6.07, 6.45) is 6.15. The van der Waals surface area contributed by atoms with Crippen molar-refractivity contribution in [2.45, 2.75) is 66.7 Å². The molecule has 0 saturated carbocycles. The summed E-state index contributed by atoms with van der Waals surface area (Å²) in [6, 6.07) is 2.20. The molecule has 0 atom stereocenters. The highest BCUT2D eigenvalue weighted by molar-refractivity contribution is 7.16. The molecule has 35 heavy (non-hydrogen) atoms. The third kappa shape index (κ3) is 7.60. The standard InChI is InChI=1S/C21H26N4S.C5H7F3O/c1-7-10-11-18-22-15(6)20(26-18)19-14(5)23-21-17(16(8-2)9-3)12-13(4)24-25(19)21;1-2-3-4-9-5(6,7)8/h7,10-12,16H,1,8-9H2,2-6H3;2-3H,4H2,1H3/b11-10+;3-2-. The van der Waals surface area contributed by atoms with Crippen LogP contribution < -0.4 is 0 Å². The molecule has 0 saturated heterocycles. The molecule has 0 fully saturated rings. The molecule has 0 spiro atoms. The second kappa shape index (κ2) is 12.8. The summed E-state index contributed by atoms with van der Waals surface area (Å²) in [5, 5.41) is 5.77. The van der Waals surface area contributed by atoms with Crippen molar-refractivity contribution < 1.29 is 17.9 Å². The summed E-state index contributed by atoms with van der Waals surface area (Å²) >= 11 is 1.67. The minimum absolute atomic E-state index is 0.403. The lowest BCUT2D eigenvalue weighted by Crippen LogP contribution is -2.12. The summed E-state index contributed by atoms with van der Waals surface area (Å²) in [6.45, 7) is 15.6. The van der Waals surface area contributed by atoms with E-state index < -0.39 is 13.0 Å². The molecule has 0 aliphatic heterocycles. The summed E-state index contributed by atoms with van der Waals surface area (Å²) in [4.78, 5) is 10.7. The van der Waals surface area contributed by atoms with Crippen molar-refractivity contribution in [2.75, 3.05) is 6.61 Å². The molecule has 0 aliphatic carbocycles. The van der Waals surface area contributed by atoms with E-state index in [1.807, 2.05) is 23.6 Å². The number of hydrogen-bond acceptors (Lipinski definition) is 5. The lowest BCUT2D eigenvalue weighted by molar-refractivity contribution is -0.319. The van der Waals surface area contributed by atoms with Crippen LogP contribution in [0.4, 0.5) is 13.2 Å². The number of hydrogen-bond donors (Lipinski definition) is 0. The molecular formula is C26H33F3N4OS. The minimum Gasteiger partial charge on any atom is -0.288 e. The van der Waals surface area contributed by atoms with Crippen LogP contribution in [0.2, 0.25) is 0 Å². The monoisotopic (exact) mass is 506 g/mol. The number of imidazole rings is 1. The van der Waals surface area contributed by atoms with Crippen molar-refractivity contribution in [3.63, 3.8) is 0 Å². The first-order valence-corrected chi connectivity index (χ1v) is 12.3. The molecule has 0 bridgehead atoms. The van der Waals surface area contributed by atoms with E-state index in [4.69, 9.17) is 10.1 Å². The van der Waals surface area contributed by atoms with E-state index in [-0.39, 0.29) is 0 Å². The zero-order valence-electron chi connectivity index (χ0n) is 21.1. The fourth-order valence-electron chi connectivity index (χ4n) is 3.67. The maximum Gasteiger partial charge on any atom is 0.522 e. The lowest BCUT2D eigenvalue weighted by Gasteiger charge is -2.14. The van der Waals surface area contributed by atoms with Crippen LogP contribution in [-0.2, 0) is 4.74 Å². The molecular weight excluding hydrogens is 473 g/mol. The van der Waals surface area contributed by atoms with Crippen LogP contribution in [0.5, 0.6) is 0 Å². The molecule has 0 amide bonds. The van der Waals surface area contributed by atoms with Gasteiger partial charge in [-0.05, 0) is 58.6 Å². The Morgan fingerprint density at radius 2 is 1.83 bits per heavy atom. The molecule has 3 rings (SSSR count). The van der Waals surface area contributed by atoms with Gasteiger partial charge in [-0.25, -0.2) is 14.5 Å². The second-order valence-corrected chi connectivity index (χ2v) is 8.95. The summed E-state index contributed by atoms with van der Waals surface area (Å²) < 4.78 is 38.8. The quantitative estimate of drug-likeness (QED) is 0.230. The van der Waals surface area contributed by atoms with E-state index in [1.165, 1.54) is 17.7 Å². The Hall–Kier alpha value is -2.78. The van der Waals surface area contributed by atoms with Crippen molar-refractivity contribution in [1.29, 1.82) is 0 Å². The van der Waals surface area contributed by atoms with Crippen LogP contribution in [0.15, 0.2) is 36.9 Å². The number of ether oxygens (including phenoxy) is 1. The first kappa shape index (κ1) is 28.5. The van der Waals surface area contributed by atoms with Crippen molar-refractivity contribution in [2.24, 2.45) is 0 Å². The van der Waals surface area contributed by atoms with Crippen LogP contribution in [0.25, 0.3) is 22.3 Å². The Morgan fingerprint density at radius 3 is 2.40 bits per heavy atom. The van der Waals surface area contributed by atoms with Crippen LogP contribution in [0, 0.1) is 20.8 Å². The van der Waals surface area contributed by atoms with E-state index in [2.05, 4.69) is 50.1 Å². The number of fused-ring (bicyclic) bond motifs is 1. The summed E-state index contributed by atoms with van der Waals surface area (Å²) in [5.74, 6) is 0.502. The molecule has 0 aliphatic rings. The fourth-order valence-corrected chi connectivity index (χ4v) is 4.73. The Kier molecular flexibility index (Phi) is 10.4. The number of rotatable bonds is 8. The van der Waals surface area contributed by atoms with Crippen LogP contribution in [0.3, 0.4) is 0 Å². The number of aromatic nitrogens is 4. The van der Waals surface area contributed by atoms with Gasteiger partial charge in [0, 0.05) is 5.56 Å². The molecule has 0 radical (unpaired) electrons. The van der Waals surface area contributed by atoms with Gasteiger partial charge in [-0.1, -0.05) is 44.7 Å². The van der Waals surface area contributed by atoms with Gasteiger partial charge in [0.2, 0.25) is 0 Å². The van der Waals surface area contributed by atoms with Crippen LogP contribution in [0.1, 0.15) is 67.2 Å². The Labute approximate surface area is 209 Å². The van der Waals surface area contributed by atoms with Crippen molar-refractivity contribution in [1.82, 2.24) is 19.6 Å². The van der Waals surface area contributed by atoms with Crippen LogP contribution >= 0.6 is 11.3 Å². The van der Waals surface area contributed by atoms with Gasteiger partial charge in [-0.3, -0.25) is 4.74 Å². The van der Waals surface area contributed by atoms with Crippen molar-refractivity contribution in [3.8, 4) is 10.6 Å². The summed E-state index contributed by atoms with van der Waals surface area (Å²) in [5.41, 5.74) is 6.37. The highest BCUT2D eigenvalue weighted by Crippen LogP contribution is 2.35. The number of allylic oxidation sites excluding steroid dienone is 3. The third-order valence-corrected chi connectivity index (χ3v) is 6.45. The van der Waals surface area contributed by atoms with Gasteiger partial charge >= 0.3 is 6.36 Å². The largest absolute Gasteiger partial charge is 0.522 e. The first-order chi connectivity index (χ1) is 16.6. The average Bonchev–Trinajstić information content (AvgIpc) is 3.31. The zero-order chi connectivity index (χ0) is 26.2. The van der Waals surface area contributed by atoms with Gasteiger partial charge in [0.15, 0.2) is 5.65 Å². The Bertz CT molecular complexity index is 1190. The maximum absolute atomic E-state index is 11.1. The molecule has 3 heterocycles. The van der Waals surface area contributed by atoms with E-state index in [0.717, 1.165) is 51.1 Å². The second-order valence-electron chi connectivity index (χ2n) is 7.92. The van der Waals surface area contributed by atoms with Gasteiger partial charge in [0.25, 0.3) is 0 Å². The predicted octanol–water partition coefficient (Wildman–Crippen LogP) is 7.98. The number of aryl methyl sites for hydroxylation is 3. The van der Waals surface area contributed by atoms with E-state index >= 15 is 0 Å². The number of halogens is 3. The normalized spacial score (nSPS) is 12.2. The minimum atomic E-state index is -4.50. The summed E-state index contributed by atoms with van der Waals surface area (Å²) in [7, 11) is 0. The predicted molar refractivity (Wildman–Crippen MR) is 138 cm³/mol. The fraction of sp³-hybridized carbons (Fsp3) is 0.423. The van der Waals surface area contributed by atoms with E-state index in [0.29, 0.717) is 5.92 Å². The molecule has 5 nitrogen and oxygen atoms in total. The molecule has 190 valence electrons. The van der Waals surface area contributed by atoms with Gasteiger partial charge in [-0.15, -0.1) is 24.5 Å². The number of alkyl halides is 3. The molecule has 3 aromatic rings. The smallest absolute Gasteiger partial charge is 0.288 e. The third-order valence-electron chi connectivity index (χ3n) is 5.32. The number of nitrogens with zero attached hydrogens (tertiary/aromatic N) is 4. The molecule has 0 unspecified atom stereocenters. The van der Waals surface area contributed by atoms with E-state index in [1.54, 1.807) is 24.3 Å². The molecule has 0 N–H and O–H groups in total. The highest BCUT2D eigenvalue weighted by Gasteiger charge is 2.28. The van der Waals surface area contributed by atoms with Gasteiger partial charge in [0.05, 0.1) is 28.6 Å². The van der Waals surface area contributed by atoms with Crippen LogP contribution in [-0.4, -0.2) is 32.6 Å². The maximum atomic E-state index is 11.1. The molecule has 3 aromatic heterocycles. The SMILES string of the molecule is C/C=C\COC(F)(F)F.C=C/C=C/c1nc(C)c(-c2c(C)nc3c(C(CC)CC)cc(C)nn23)s1.